The molecule has 28 unspecified atom stereocenters. The number of hydrogen-bond donors (Lipinski definition) is 0. The third-order valence-corrected chi connectivity index (χ3v) is 22.9. The van der Waals surface area contributed by atoms with Crippen LogP contribution >= 0.6 is 0 Å². The summed E-state index contributed by atoms with van der Waals surface area (Å²) in [5.41, 5.74) is 0. The zero-order valence-corrected chi connectivity index (χ0v) is 42.8. The summed E-state index contributed by atoms with van der Waals surface area (Å²) in [7, 11) is 0. The Kier molecular flexibility index (Phi) is 15.3. The Morgan fingerprint density at radius 2 is 0.646 bits per heavy atom. The van der Waals surface area contributed by atoms with E-state index in [9.17, 15) is 0 Å². The zero-order chi connectivity index (χ0) is 38.8. The average molecular weight is 1050 g/mol. The molecule has 0 radical (unpaired) electrons. The number of hydrogen-bond acceptors (Lipinski definition) is 0. The second-order valence-electron chi connectivity index (χ2n) is 24.6. The molecule has 0 aromatic heterocycles. The first kappa shape index (κ1) is 50.2. The molecule has 364 valence electrons. The van der Waals surface area contributed by atoms with E-state index >= 15 is 0 Å². The van der Waals surface area contributed by atoms with Gasteiger partial charge in [0.25, 0.3) is 0 Å². The van der Waals surface area contributed by atoms with E-state index in [0.717, 1.165) is 135 Å². The molecule has 7 aliphatic carbocycles. The maximum atomic E-state index is 5.56. The van der Waals surface area contributed by atoms with Crippen LogP contribution in [0.15, 0.2) is 0 Å². The van der Waals surface area contributed by atoms with Gasteiger partial charge in [-0.2, -0.15) is 60.9 Å². The Morgan fingerprint density at radius 1 is 0.277 bits per heavy atom. The van der Waals surface area contributed by atoms with Crippen molar-refractivity contribution < 1.29 is 73.8 Å². The molecule has 14 heteroatoms. The molecular weight excluding hydrogens is 978 g/mol. The van der Waals surface area contributed by atoms with Crippen LogP contribution in [-0.2, 0) is 68.3 Å². The summed E-state index contributed by atoms with van der Waals surface area (Å²) >= 11 is 0. The van der Waals surface area contributed by atoms with Gasteiger partial charge in [0.2, 0.25) is 0 Å². The van der Waals surface area contributed by atoms with Crippen LogP contribution in [0.25, 0.3) is 47.9 Å². The molecule has 16 fully saturated rings. The van der Waals surface area contributed by atoms with E-state index in [-0.39, 0.29) is 73.8 Å². The molecule has 16 aliphatic rings. The van der Waals surface area contributed by atoms with Crippen molar-refractivity contribution in [2.75, 3.05) is 52.4 Å². The Labute approximate surface area is 434 Å². The van der Waals surface area contributed by atoms with E-state index in [2.05, 4.69) is 0 Å². The SMILES string of the molecule is C1CC2C[N-]C3C4[N-]CC5[N-]C6CCCCC6C6C[N-]C(C7[N-]CC(C1)C2C37)C4C56.C1CCC2C(C1)CC1C[N-]C3C4[N-]CC5CCCC6C[N-]C(C7[N-]CC2C1C37)C4C56.O.[Fe+2].[Fe+2].[Fe+4].[Fe]. The van der Waals surface area contributed by atoms with Gasteiger partial charge in [0, 0.05) is 17.1 Å². The molecule has 0 spiro atoms. The Morgan fingerprint density at radius 3 is 1.17 bits per heavy atom. The molecular formula is C51H76Fe4N9O-. The van der Waals surface area contributed by atoms with E-state index < -0.39 is 0 Å². The van der Waals surface area contributed by atoms with E-state index in [1.807, 2.05) is 0 Å². The van der Waals surface area contributed by atoms with Crippen LogP contribution in [0.2, 0.25) is 0 Å². The molecule has 0 bridgehead atoms. The van der Waals surface area contributed by atoms with Crippen LogP contribution in [0.4, 0.5) is 0 Å². The second-order valence-corrected chi connectivity index (χ2v) is 24.6. The number of nitrogens with zero attached hydrogens (tertiary/aromatic N) is 9. The average Bonchev–Trinajstić information content (AvgIpc) is 3.31. The van der Waals surface area contributed by atoms with E-state index in [0.29, 0.717) is 84.1 Å². The predicted molar refractivity (Wildman–Crippen MR) is 243 cm³/mol. The molecule has 9 heterocycles. The van der Waals surface area contributed by atoms with Gasteiger partial charge in [0.05, 0.1) is 0 Å². The van der Waals surface area contributed by atoms with Crippen LogP contribution in [0, 0.1) is 107 Å². The summed E-state index contributed by atoms with van der Waals surface area (Å²) in [6.07, 6.45) is 21.4. The van der Waals surface area contributed by atoms with E-state index in [4.69, 9.17) is 47.9 Å². The van der Waals surface area contributed by atoms with Crippen LogP contribution in [-0.4, -0.2) is 118 Å². The standard InChI is InChI=1S/C26H38N4.C25H36N5.4Fe.H2O/c1-2-7-17-13(4-1)8-16-11-29-25-22-20(16)18(17)12-30-26(22)24-21-19-14(9-27-23(21)25)5-3-6-15(19)10-28-24;1-2-7-16-14(6-1)15-10-28-24-21-19(15)17(30-16)11-29-25(21)23-20-18-12(8-26-22(20)24)4-3-5-13(18)9-27-23;;;;;/h13-26H,1-12H2;12-25H,1-11H2;;;;;1H2/q-4;-5;;2*+2;+4;. The van der Waals surface area contributed by atoms with Gasteiger partial charge in [-0.1, -0.05) is 160 Å². The molecule has 2 N–H and O–H groups in total. The first-order chi connectivity index (χ1) is 29.8. The first-order valence-corrected chi connectivity index (χ1v) is 26.8. The van der Waals surface area contributed by atoms with Crippen molar-refractivity contribution in [2.24, 2.45) is 107 Å². The molecule has 9 aliphatic heterocycles. The van der Waals surface area contributed by atoms with Gasteiger partial charge in [-0.3, -0.25) is 0 Å². The normalized spacial score (nSPS) is 58.3. The van der Waals surface area contributed by atoms with Gasteiger partial charge < -0.3 is 53.3 Å². The molecule has 65 heavy (non-hydrogen) atoms. The largest absolute Gasteiger partial charge is 4.00 e. The van der Waals surface area contributed by atoms with Crippen molar-refractivity contribution in [3.8, 4) is 0 Å². The van der Waals surface area contributed by atoms with E-state index in [1.54, 1.807) is 0 Å². The third kappa shape index (κ3) is 7.56. The van der Waals surface area contributed by atoms with Gasteiger partial charge >= 0.3 is 51.2 Å². The van der Waals surface area contributed by atoms with Crippen molar-refractivity contribution in [3.63, 3.8) is 0 Å². The summed E-state index contributed by atoms with van der Waals surface area (Å²) < 4.78 is 0. The van der Waals surface area contributed by atoms with Crippen molar-refractivity contribution in [1.29, 1.82) is 0 Å². The topological polar surface area (TPSA) is 158 Å². The maximum absolute atomic E-state index is 5.56. The third-order valence-electron chi connectivity index (χ3n) is 22.9. The fourth-order valence-corrected chi connectivity index (χ4v) is 21.3. The molecule has 28 atom stereocenters. The molecule has 7 saturated carbocycles. The van der Waals surface area contributed by atoms with Crippen molar-refractivity contribution in [3.05, 3.63) is 47.9 Å². The molecule has 0 amide bonds. The predicted octanol–water partition coefficient (Wildman–Crippen LogP) is 9.35. The van der Waals surface area contributed by atoms with Crippen LogP contribution < -0.4 is 0 Å². The van der Waals surface area contributed by atoms with Gasteiger partial charge in [0.15, 0.2) is 0 Å². The van der Waals surface area contributed by atoms with Crippen LogP contribution in [0.3, 0.4) is 0 Å². The Hall–Kier alpha value is 1.68. The minimum Gasteiger partial charge on any atom is -0.662 e. The number of fused-ring (bicyclic) bond motifs is 8. The first-order valence-electron chi connectivity index (χ1n) is 26.8. The Balaban J connectivity index is 0.000000142. The van der Waals surface area contributed by atoms with E-state index in [1.165, 1.54) is 96.3 Å². The van der Waals surface area contributed by atoms with Crippen molar-refractivity contribution in [1.82, 2.24) is 0 Å². The fourth-order valence-electron chi connectivity index (χ4n) is 21.3. The summed E-state index contributed by atoms with van der Waals surface area (Å²) in [4.78, 5) is 0. The molecule has 16 rings (SSSR count). The molecule has 10 nitrogen and oxygen atoms in total. The van der Waals surface area contributed by atoms with Crippen LogP contribution in [0.5, 0.6) is 0 Å². The smallest absolute Gasteiger partial charge is 0.662 e. The van der Waals surface area contributed by atoms with Gasteiger partial charge in [0.1, 0.15) is 0 Å². The number of piperidine rings is 9. The fraction of sp³-hybridized carbons (Fsp3) is 1.00. The summed E-state index contributed by atoms with van der Waals surface area (Å²) in [6, 6.07) is 4.79. The number of rotatable bonds is 0. The Bertz CT molecular complexity index is 1490. The van der Waals surface area contributed by atoms with Crippen LogP contribution in [0.1, 0.15) is 96.3 Å². The summed E-state index contributed by atoms with van der Waals surface area (Å²) in [5, 5.41) is 49.2. The second kappa shape index (κ2) is 19.8. The van der Waals surface area contributed by atoms with Gasteiger partial charge in [-0.05, 0) is 42.4 Å². The molecule has 9 saturated heterocycles. The van der Waals surface area contributed by atoms with Crippen molar-refractivity contribution in [2.45, 2.75) is 157 Å². The van der Waals surface area contributed by atoms with Crippen molar-refractivity contribution >= 4 is 0 Å². The minimum atomic E-state index is 0. The summed E-state index contributed by atoms with van der Waals surface area (Å²) in [6.45, 7) is 8.89. The zero-order valence-electron chi connectivity index (χ0n) is 38.4. The molecule has 0 aromatic rings. The maximum Gasteiger partial charge on any atom is 4.00 e. The van der Waals surface area contributed by atoms with Gasteiger partial charge in [-0.25, -0.2) is 0 Å². The molecule has 0 aromatic carbocycles. The minimum absolute atomic E-state index is 0. The quantitative estimate of drug-likeness (QED) is 0.212. The monoisotopic (exact) mass is 1050 g/mol. The summed E-state index contributed by atoms with van der Waals surface area (Å²) in [5.74, 6) is 14.6. The van der Waals surface area contributed by atoms with Gasteiger partial charge in [-0.15, -0.1) is 51.9 Å².